The Kier molecular flexibility index (Phi) is 4.58. The molecule has 1 atom stereocenters. The SMILES string of the molecule is CCC(C)(C)C(NN)c1c(Cl)cnn1C(C)C. The molecule has 5 heteroatoms. The average molecular weight is 259 g/mol. The van der Waals surface area contributed by atoms with Gasteiger partial charge in [0, 0.05) is 6.04 Å². The van der Waals surface area contributed by atoms with Crippen LogP contribution in [-0.2, 0) is 0 Å². The van der Waals surface area contributed by atoms with Crippen molar-refractivity contribution < 1.29 is 0 Å². The van der Waals surface area contributed by atoms with E-state index >= 15 is 0 Å². The van der Waals surface area contributed by atoms with Crippen molar-refractivity contribution in [2.45, 2.75) is 53.1 Å². The molecule has 0 saturated carbocycles. The van der Waals surface area contributed by atoms with E-state index in [0.717, 1.165) is 12.1 Å². The van der Waals surface area contributed by atoms with Gasteiger partial charge in [0.25, 0.3) is 0 Å². The van der Waals surface area contributed by atoms with Gasteiger partial charge in [0.05, 0.1) is 23.0 Å². The topological polar surface area (TPSA) is 55.9 Å². The zero-order valence-corrected chi connectivity index (χ0v) is 12.0. The second-order valence-electron chi connectivity index (χ2n) is 5.36. The highest BCUT2D eigenvalue weighted by atomic mass is 35.5. The molecule has 4 nitrogen and oxygen atoms in total. The van der Waals surface area contributed by atoms with E-state index in [1.54, 1.807) is 6.20 Å². The molecule has 0 radical (unpaired) electrons. The van der Waals surface area contributed by atoms with Crippen LogP contribution in [0.1, 0.15) is 58.8 Å². The van der Waals surface area contributed by atoms with Crippen LogP contribution in [-0.4, -0.2) is 9.78 Å². The van der Waals surface area contributed by atoms with E-state index < -0.39 is 0 Å². The van der Waals surface area contributed by atoms with Crippen LogP contribution in [0.4, 0.5) is 0 Å². The third kappa shape index (κ3) is 2.81. The lowest BCUT2D eigenvalue weighted by molar-refractivity contribution is 0.222. The Labute approximate surface area is 108 Å². The number of hydrazine groups is 1. The van der Waals surface area contributed by atoms with Gasteiger partial charge >= 0.3 is 0 Å². The average Bonchev–Trinajstić information content (AvgIpc) is 2.62. The maximum atomic E-state index is 6.25. The van der Waals surface area contributed by atoms with E-state index in [1.165, 1.54) is 0 Å². The highest BCUT2D eigenvalue weighted by Gasteiger charge is 2.33. The zero-order chi connectivity index (χ0) is 13.2. The van der Waals surface area contributed by atoms with Gasteiger partial charge in [-0.05, 0) is 25.7 Å². The van der Waals surface area contributed by atoms with E-state index in [4.69, 9.17) is 17.4 Å². The van der Waals surface area contributed by atoms with Crippen LogP contribution < -0.4 is 11.3 Å². The molecule has 1 unspecified atom stereocenters. The summed E-state index contributed by atoms with van der Waals surface area (Å²) in [5.74, 6) is 5.71. The molecule has 1 aromatic rings. The van der Waals surface area contributed by atoms with Gasteiger partial charge in [-0.1, -0.05) is 32.4 Å². The first-order valence-corrected chi connectivity index (χ1v) is 6.42. The summed E-state index contributed by atoms with van der Waals surface area (Å²) >= 11 is 6.25. The number of hydrogen-bond acceptors (Lipinski definition) is 3. The van der Waals surface area contributed by atoms with Crippen molar-refractivity contribution in [2.24, 2.45) is 11.3 Å². The van der Waals surface area contributed by atoms with E-state index in [2.05, 4.69) is 45.1 Å². The Bertz CT molecular complexity index is 371. The van der Waals surface area contributed by atoms with Gasteiger partial charge in [0.1, 0.15) is 0 Å². The van der Waals surface area contributed by atoms with Crippen LogP contribution in [0.2, 0.25) is 5.02 Å². The van der Waals surface area contributed by atoms with E-state index in [1.807, 2.05) is 4.68 Å². The van der Waals surface area contributed by atoms with Gasteiger partial charge in [-0.25, -0.2) is 0 Å². The molecule has 98 valence electrons. The van der Waals surface area contributed by atoms with Crippen molar-refractivity contribution in [3.05, 3.63) is 16.9 Å². The summed E-state index contributed by atoms with van der Waals surface area (Å²) in [4.78, 5) is 0. The van der Waals surface area contributed by atoms with Crippen molar-refractivity contribution in [1.82, 2.24) is 15.2 Å². The van der Waals surface area contributed by atoms with Crippen molar-refractivity contribution in [1.29, 1.82) is 0 Å². The molecular weight excluding hydrogens is 236 g/mol. The predicted molar refractivity (Wildman–Crippen MR) is 71.8 cm³/mol. The van der Waals surface area contributed by atoms with Gasteiger partial charge < -0.3 is 0 Å². The van der Waals surface area contributed by atoms with Gasteiger partial charge in [-0.2, -0.15) is 5.10 Å². The maximum absolute atomic E-state index is 6.25. The molecule has 0 amide bonds. The Balaban J connectivity index is 3.25. The van der Waals surface area contributed by atoms with Crippen molar-refractivity contribution in [3.63, 3.8) is 0 Å². The fourth-order valence-corrected chi connectivity index (χ4v) is 2.15. The highest BCUT2D eigenvalue weighted by Crippen LogP contribution is 2.39. The molecule has 1 rings (SSSR count). The quantitative estimate of drug-likeness (QED) is 0.630. The van der Waals surface area contributed by atoms with Crippen LogP contribution >= 0.6 is 11.6 Å². The number of nitrogens with zero attached hydrogens (tertiary/aromatic N) is 2. The van der Waals surface area contributed by atoms with Gasteiger partial charge in [0.2, 0.25) is 0 Å². The molecule has 0 bridgehead atoms. The Morgan fingerprint density at radius 3 is 2.53 bits per heavy atom. The van der Waals surface area contributed by atoms with Crippen LogP contribution in [0, 0.1) is 5.41 Å². The number of rotatable bonds is 5. The van der Waals surface area contributed by atoms with Crippen LogP contribution in [0.3, 0.4) is 0 Å². The summed E-state index contributed by atoms with van der Waals surface area (Å²) in [5.41, 5.74) is 3.87. The van der Waals surface area contributed by atoms with Gasteiger partial charge in [0.15, 0.2) is 0 Å². The zero-order valence-electron chi connectivity index (χ0n) is 11.3. The highest BCUT2D eigenvalue weighted by molar-refractivity contribution is 6.31. The second-order valence-corrected chi connectivity index (χ2v) is 5.77. The van der Waals surface area contributed by atoms with E-state index in [9.17, 15) is 0 Å². The third-order valence-electron chi connectivity index (χ3n) is 3.41. The molecule has 1 heterocycles. The van der Waals surface area contributed by atoms with Crippen LogP contribution in [0.5, 0.6) is 0 Å². The summed E-state index contributed by atoms with van der Waals surface area (Å²) in [6, 6.07) is 0.255. The lowest BCUT2D eigenvalue weighted by Gasteiger charge is -2.34. The van der Waals surface area contributed by atoms with E-state index in [0.29, 0.717) is 5.02 Å². The minimum Gasteiger partial charge on any atom is -0.271 e. The van der Waals surface area contributed by atoms with Crippen molar-refractivity contribution >= 4 is 11.6 Å². The van der Waals surface area contributed by atoms with Crippen LogP contribution in [0.15, 0.2) is 6.20 Å². The summed E-state index contributed by atoms with van der Waals surface area (Å²) < 4.78 is 1.93. The van der Waals surface area contributed by atoms with Gasteiger partial charge in [-0.15, -0.1) is 0 Å². The number of nitrogens with one attached hydrogen (secondary N) is 1. The van der Waals surface area contributed by atoms with Gasteiger partial charge in [-0.3, -0.25) is 16.0 Å². The molecule has 0 aliphatic heterocycles. The fourth-order valence-electron chi connectivity index (χ4n) is 1.91. The summed E-state index contributed by atoms with van der Waals surface area (Å²) in [7, 11) is 0. The number of nitrogens with two attached hydrogens (primary N) is 1. The second kappa shape index (κ2) is 5.38. The number of hydrogen-bond donors (Lipinski definition) is 2. The Morgan fingerprint density at radius 2 is 2.12 bits per heavy atom. The molecule has 0 aromatic carbocycles. The molecule has 0 aliphatic rings. The first kappa shape index (κ1) is 14.5. The molecule has 0 spiro atoms. The van der Waals surface area contributed by atoms with Crippen molar-refractivity contribution in [2.75, 3.05) is 0 Å². The molecule has 3 N–H and O–H groups in total. The molecule has 0 fully saturated rings. The first-order valence-electron chi connectivity index (χ1n) is 6.04. The lowest BCUT2D eigenvalue weighted by atomic mass is 9.80. The first-order chi connectivity index (χ1) is 7.85. The molecule has 0 saturated heterocycles. The van der Waals surface area contributed by atoms with E-state index in [-0.39, 0.29) is 17.5 Å². The van der Waals surface area contributed by atoms with Crippen LogP contribution in [0.25, 0.3) is 0 Å². The lowest BCUT2D eigenvalue weighted by Crippen LogP contribution is -2.39. The molecule has 1 aromatic heterocycles. The number of halogens is 1. The Hall–Kier alpha value is -0.580. The largest absolute Gasteiger partial charge is 0.271 e. The Morgan fingerprint density at radius 1 is 1.53 bits per heavy atom. The third-order valence-corrected chi connectivity index (χ3v) is 3.70. The van der Waals surface area contributed by atoms with Crippen molar-refractivity contribution in [3.8, 4) is 0 Å². The summed E-state index contributed by atoms with van der Waals surface area (Å²) in [6.45, 7) is 10.7. The predicted octanol–water partition coefficient (Wildman–Crippen LogP) is 3.06. The number of aromatic nitrogens is 2. The standard InChI is InChI=1S/C12H23ClN4/c1-6-12(4,5)11(16-14)10-9(13)7-15-17(10)8(2)3/h7-8,11,16H,6,14H2,1-5H3. The fraction of sp³-hybridized carbons (Fsp3) is 0.750. The maximum Gasteiger partial charge on any atom is 0.0835 e. The molecular formula is C12H23ClN4. The minimum absolute atomic E-state index is 0.00935. The molecule has 17 heavy (non-hydrogen) atoms. The normalized spacial score (nSPS) is 14.4. The smallest absolute Gasteiger partial charge is 0.0835 e. The summed E-state index contributed by atoms with van der Waals surface area (Å²) in [5, 5.41) is 4.99. The monoisotopic (exact) mass is 258 g/mol. The minimum atomic E-state index is -0.00935. The molecule has 0 aliphatic carbocycles. The summed E-state index contributed by atoms with van der Waals surface area (Å²) in [6.07, 6.45) is 2.69.